The van der Waals surface area contributed by atoms with Crippen LogP contribution in [-0.4, -0.2) is 58.9 Å². The number of imidazole rings is 1. The molecule has 7 heteroatoms. The summed E-state index contributed by atoms with van der Waals surface area (Å²) in [6.07, 6.45) is 3.10. The second-order valence-electron chi connectivity index (χ2n) is 8.92. The third kappa shape index (κ3) is 3.70. The maximum absolute atomic E-state index is 5.59. The fourth-order valence-corrected chi connectivity index (χ4v) is 5.27. The van der Waals surface area contributed by atoms with Crippen LogP contribution in [-0.2, 0) is 11.2 Å². The first-order valence-electron chi connectivity index (χ1n) is 12.1. The Morgan fingerprint density at radius 3 is 1.97 bits per heavy atom. The summed E-state index contributed by atoms with van der Waals surface area (Å²) in [7, 11) is 0. The molecule has 0 N–H and O–H groups in total. The fraction of sp³-hybridized carbons (Fsp3) is 0.423. The number of aromatic nitrogens is 4. The van der Waals surface area contributed by atoms with E-state index < -0.39 is 0 Å². The van der Waals surface area contributed by atoms with E-state index >= 15 is 0 Å². The highest BCUT2D eigenvalue weighted by Crippen LogP contribution is 2.34. The summed E-state index contributed by atoms with van der Waals surface area (Å²) in [5, 5.41) is 0. The van der Waals surface area contributed by atoms with Gasteiger partial charge in [-0.15, -0.1) is 0 Å². The van der Waals surface area contributed by atoms with Crippen molar-refractivity contribution in [1.82, 2.24) is 19.5 Å². The molecule has 2 aromatic heterocycles. The highest BCUT2D eigenvalue weighted by molar-refractivity contribution is 5.81. The number of fused-ring (bicyclic) bond motifs is 2. The molecule has 33 heavy (non-hydrogen) atoms. The number of aryl methyl sites for hydroxylation is 1. The van der Waals surface area contributed by atoms with E-state index in [1.807, 2.05) is 12.1 Å². The molecule has 6 rings (SSSR count). The van der Waals surface area contributed by atoms with Crippen LogP contribution in [0.2, 0.25) is 0 Å². The smallest absolute Gasteiger partial charge is 0.172 e. The molecule has 0 unspecified atom stereocenters. The molecule has 7 nitrogen and oxygen atoms in total. The lowest BCUT2D eigenvalue weighted by Crippen LogP contribution is -2.40. The van der Waals surface area contributed by atoms with E-state index in [1.54, 1.807) is 0 Å². The zero-order valence-electron chi connectivity index (χ0n) is 19.2. The third-order valence-corrected chi connectivity index (χ3v) is 6.96. The number of hydrogen-bond acceptors (Lipinski definition) is 6. The van der Waals surface area contributed by atoms with Crippen LogP contribution in [0.5, 0.6) is 0 Å². The Hall–Kier alpha value is -3.19. The van der Waals surface area contributed by atoms with Gasteiger partial charge in [-0.2, -0.15) is 0 Å². The van der Waals surface area contributed by atoms with Crippen molar-refractivity contribution in [3.8, 4) is 0 Å². The number of benzene rings is 2. The number of para-hydroxylation sites is 4. The maximum atomic E-state index is 5.59. The zero-order valence-corrected chi connectivity index (χ0v) is 19.2. The summed E-state index contributed by atoms with van der Waals surface area (Å²) in [6.45, 7) is 7.32. The largest absolute Gasteiger partial charge is 0.378 e. The van der Waals surface area contributed by atoms with Gasteiger partial charge in [-0.3, -0.25) is 0 Å². The first-order chi connectivity index (χ1) is 16.3. The molecular weight excluding hydrogens is 412 g/mol. The van der Waals surface area contributed by atoms with Crippen LogP contribution < -0.4 is 9.80 Å². The second-order valence-corrected chi connectivity index (χ2v) is 8.92. The predicted octanol–water partition coefficient (Wildman–Crippen LogP) is 4.22. The van der Waals surface area contributed by atoms with Gasteiger partial charge in [0.05, 0.1) is 35.3 Å². The highest BCUT2D eigenvalue weighted by atomic mass is 16.5. The Morgan fingerprint density at radius 1 is 0.758 bits per heavy atom. The molecule has 2 aromatic carbocycles. The molecule has 0 bridgehead atoms. The Labute approximate surface area is 194 Å². The van der Waals surface area contributed by atoms with Crippen molar-refractivity contribution >= 4 is 33.7 Å². The molecule has 0 spiro atoms. The average Bonchev–Trinajstić information content (AvgIpc) is 3.27. The van der Waals surface area contributed by atoms with E-state index in [9.17, 15) is 0 Å². The molecule has 2 fully saturated rings. The minimum Gasteiger partial charge on any atom is -0.378 e. The van der Waals surface area contributed by atoms with Crippen molar-refractivity contribution in [2.45, 2.75) is 32.2 Å². The minimum absolute atomic E-state index is 0.462. The van der Waals surface area contributed by atoms with Gasteiger partial charge in [0.1, 0.15) is 5.82 Å². The lowest BCUT2D eigenvalue weighted by atomic mass is 10.0. The van der Waals surface area contributed by atoms with Gasteiger partial charge in [0, 0.05) is 38.6 Å². The van der Waals surface area contributed by atoms with E-state index in [0.29, 0.717) is 6.04 Å². The maximum Gasteiger partial charge on any atom is 0.172 e. The van der Waals surface area contributed by atoms with Gasteiger partial charge in [-0.1, -0.05) is 31.2 Å². The number of hydrogen-bond donors (Lipinski definition) is 0. The molecule has 2 aliphatic heterocycles. The van der Waals surface area contributed by atoms with Crippen LogP contribution in [0.25, 0.3) is 22.1 Å². The van der Waals surface area contributed by atoms with Crippen LogP contribution in [0.3, 0.4) is 0 Å². The predicted molar refractivity (Wildman–Crippen MR) is 132 cm³/mol. The van der Waals surface area contributed by atoms with Crippen LogP contribution in [0.4, 0.5) is 11.6 Å². The summed E-state index contributed by atoms with van der Waals surface area (Å²) < 4.78 is 8.08. The summed E-state index contributed by atoms with van der Waals surface area (Å²) in [5.41, 5.74) is 4.27. The number of nitrogens with zero attached hydrogens (tertiary/aromatic N) is 6. The van der Waals surface area contributed by atoms with Gasteiger partial charge in [-0.05, 0) is 37.1 Å². The van der Waals surface area contributed by atoms with Gasteiger partial charge in [0.15, 0.2) is 11.6 Å². The summed E-state index contributed by atoms with van der Waals surface area (Å²) in [4.78, 5) is 19.8. The Balaban J connectivity index is 1.31. The van der Waals surface area contributed by atoms with Gasteiger partial charge in [-0.25, -0.2) is 15.0 Å². The first-order valence-corrected chi connectivity index (χ1v) is 12.1. The van der Waals surface area contributed by atoms with E-state index in [-0.39, 0.29) is 0 Å². The summed E-state index contributed by atoms with van der Waals surface area (Å²) in [6, 6.07) is 17.2. The standard InChI is InChI=1S/C26H30N6O/c1-2-24-27-22-9-5-6-10-23(22)32(24)19-11-13-30(14-12-19)25-26(31-15-17-33-18-16-31)29-21-8-4-3-7-20(21)28-25/h3-10,19H,2,11-18H2,1H3. The molecule has 4 aromatic rings. The molecule has 0 radical (unpaired) electrons. The minimum atomic E-state index is 0.462. The topological polar surface area (TPSA) is 59.3 Å². The van der Waals surface area contributed by atoms with E-state index in [4.69, 9.17) is 19.7 Å². The van der Waals surface area contributed by atoms with Crippen molar-refractivity contribution in [3.05, 3.63) is 54.4 Å². The average molecular weight is 443 g/mol. The second kappa shape index (κ2) is 8.63. The molecule has 0 saturated carbocycles. The molecule has 0 amide bonds. The Bertz CT molecular complexity index is 1270. The van der Waals surface area contributed by atoms with Crippen molar-refractivity contribution in [1.29, 1.82) is 0 Å². The van der Waals surface area contributed by atoms with Crippen molar-refractivity contribution < 1.29 is 4.74 Å². The molecule has 170 valence electrons. The summed E-state index contributed by atoms with van der Waals surface area (Å²) >= 11 is 0. The Kier molecular flexibility index (Phi) is 5.34. The summed E-state index contributed by atoms with van der Waals surface area (Å²) in [5.74, 6) is 3.20. The quantitative estimate of drug-likeness (QED) is 0.472. The third-order valence-electron chi connectivity index (χ3n) is 6.96. The van der Waals surface area contributed by atoms with Gasteiger partial charge >= 0.3 is 0 Å². The number of rotatable bonds is 4. The van der Waals surface area contributed by atoms with E-state index in [1.165, 1.54) is 11.3 Å². The SMILES string of the molecule is CCc1nc2ccccc2n1C1CCN(c2nc3ccccc3nc2N2CCOCC2)CC1. The van der Waals surface area contributed by atoms with Gasteiger partial charge < -0.3 is 19.1 Å². The lowest BCUT2D eigenvalue weighted by molar-refractivity contribution is 0.122. The van der Waals surface area contributed by atoms with Crippen LogP contribution in [0.1, 0.15) is 31.6 Å². The molecule has 4 heterocycles. The van der Waals surface area contributed by atoms with Gasteiger partial charge in [0.25, 0.3) is 0 Å². The van der Waals surface area contributed by atoms with Crippen molar-refractivity contribution in [2.75, 3.05) is 49.2 Å². The molecule has 2 saturated heterocycles. The first kappa shape index (κ1) is 20.4. The van der Waals surface area contributed by atoms with Crippen molar-refractivity contribution in [3.63, 3.8) is 0 Å². The number of morpholine rings is 1. The van der Waals surface area contributed by atoms with E-state index in [0.717, 1.165) is 86.8 Å². The lowest BCUT2D eigenvalue weighted by Gasteiger charge is -2.37. The van der Waals surface area contributed by atoms with Crippen LogP contribution >= 0.6 is 0 Å². The highest BCUT2D eigenvalue weighted by Gasteiger charge is 2.28. The monoisotopic (exact) mass is 442 g/mol. The van der Waals surface area contributed by atoms with Gasteiger partial charge in [0.2, 0.25) is 0 Å². The van der Waals surface area contributed by atoms with Crippen LogP contribution in [0, 0.1) is 0 Å². The van der Waals surface area contributed by atoms with E-state index in [2.05, 4.69) is 57.7 Å². The van der Waals surface area contributed by atoms with Crippen LogP contribution in [0.15, 0.2) is 48.5 Å². The number of ether oxygens (including phenoxy) is 1. The Morgan fingerprint density at radius 2 is 1.33 bits per heavy atom. The van der Waals surface area contributed by atoms with Crippen molar-refractivity contribution in [2.24, 2.45) is 0 Å². The molecule has 0 atom stereocenters. The number of anilines is 2. The number of piperidine rings is 1. The zero-order chi connectivity index (χ0) is 22.2. The molecular formula is C26H30N6O. The fourth-order valence-electron chi connectivity index (χ4n) is 5.27. The molecule has 2 aliphatic rings. The normalized spacial score (nSPS) is 17.8. The molecule has 0 aliphatic carbocycles.